The van der Waals surface area contributed by atoms with E-state index >= 15 is 0 Å². The van der Waals surface area contributed by atoms with Crippen LogP contribution in [-0.4, -0.2) is 24.0 Å². The summed E-state index contributed by atoms with van der Waals surface area (Å²) in [6.07, 6.45) is 0. The van der Waals surface area contributed by atoms with E-state index < -0.39 is 16.9 Å². The molecule has 0 aliphatic carbocycles. The molecule has 24 heavy (non-hydrogen) atoms. The number of hydrogen-bond acceptors (Lipinski definition) is 6. The average molecular weight is 329 g/mol. The van der Waals surface area contributed by atoms with Gasteiger partial charge in [0.15, 0.2) is 0 Å². The van der Waals surface area contributed by atoms with Crippen molar-refractivity contribution in [2.45, 2.75) is 13.5 Å². The molecular formula is C17H15NO6. The number of nitrogens with zero attached hydrogens (tertiary/aromatic N) is 1. The molecule has 0 aromatic heterocycles. The lowest BCUT2D eigenvalue weighted by Gasteiger charge is -2.08. The fourth-order valence-corrected chi connectivity index (χ4v) is 2.20. The van der Waals surface area contributed by atoms with Crippen molar-refractivity contribution in [2.75, 3.05) is 7.11 Å². The predicted molar refractivity (Wildman–Crippen MR) is 84.7 cm³/mol. The highest BCUT2D eigenvalue weighted by Gasteiger charge is 2.23. The molecule has 2 aromatic carbocycles. The Balaban J connectivity index is 2.16. The molecule has 0 aliphatic rings. The van der Waals surface area contributed by atoms with Crippen LogP contribution in [0.25, 0.3) is 0 Å². The first-order valence-corrected chi connectivity index (χ1v) is 7.02. The second-order valence-corrected chi connectivity index (χ2v) is 5.00. The summed E-state index contributed by atoms with van der Waals surface area (Å²) < 4.78 is 9.75. The summed E-state index contributed by atoms with van der Waals surface area (Å²) in [5, 5.41) is 11.1. The van der Waals surface area contributed by atoms with Crippen LogP contribution in [0.15, 0.2) is 42.5 Å². The lowest BCUT2D eigenvalue weighted by Crippen LogP contribution is -2.09. The number of benzene rings is 2. The smallest absolute Gasteiger partial charge is 0.345 e. The Morgan fingerprint density at radius 1 is 1.12 bits per heavy atom. The molecule has 0 spiro atoms. The van der Waals surface area contributed by atoms with E-state index in [0.717, 1.165) is 0 Å². The van der Waals surface area contributed by atoms with Crippen molar-refractivity contribution < 1.29 is 24.0 Å². The van der Waals surface area contributed by atoms with E-state index in [0.29, 0.717) is 16.7 Å². The standard InChI is InChI=1S/C17H15NO6/c1-11-5-3-8-14(15(11)18(21)22)17(20)24-10-12-6-4-7-13(9-12)16(19)23-2/h3-9H,10H2,1-2H3. The zero-order valence-corrected chi connectivity index (χ0v) is 13.1. The summed E-state index contributed by atoms with van der Waals surface area (Å²) >= 11 is 0. The Bertz CT molecular complexity index is 799. The predicted octanol–water partition coefficient (Wildman–Crippen LogP) is 3.05. The molecular weight excluding hydrogens is 314 g/mol. The van der Waals surface area contributed by atoms with Gasteiger partial charge in [0.1, 0.15) is 12.2 Å². The minimum Gasteiger partial charge on any atom is -0.465 e. The molecule has 0 bridgehead atoms. The van der Waals surface area contributed by atoms with Gasteiger partial charge in [-0.1, -0.05) is 24.3 Å². The van der Waals surface area contributed by atoms with Crippen molar-refractivity contribution in [1.29, 1.82) is 0 Å². The molecule has 0 heterocycles. The first-order valence-electron chi connectivity index (χ1n) is 7.02. The number of methoxy groups -OCH3 is 1. The molecule has 0 N–H and O–H groups in total. The van der Waals surface area contributed by atoms with Crippen molar-refractivity contribution in [3.05, 3.63) is 74.8 Å². The van der Waals surface area contributed by atoms with Crippen molar-refractivity contribution in [3.8, 4) is 0 Å². The zero-order chi connectivity index (χ0) is 17.7. The second kappa shape index (κ2) is 7.36. The van der Waals surface area contributed by atoms with Crippen LogP contribution in [0, 0.1) is 17.0 Å². The van der Waals surface area contributed by atoms with E-state index in [2.05, 4.69) is 4.74 Å². The van der Waals surface area contributed by atoms with Gasteiger partial charge in [0, 0.05) is 5.56 Å². The van der Waals surface area contributed by atoms with E-state index in [9.17, 15) is 19.7 Å². The number of ether oxygens (including phenoxy) is 2. The van der Waals surface area contributed by atoms with Gasteiger partial charge in [0.2, 0.25) is 0 Å². The highest BCUT2D eigenvalue weighted by Crippen LogP contribution is 2.24. The molecule has 7 nitrogen and oxygen atoms in total. The third-order valence-corrected chi connectivity index (χ3v) is 3.36. The minimum absolute atomic E-state index is 0.107. The van der Waals surface area contributed by atoms with E-state index in [-0.39, 0.29) is 17.9 Å². The van der Waals surface area contributed by atoms with Gasteiger partial charge in [-0.2, -0.15) is 0 Å². The number of carbonyl (C=O) groups excluding carboxylic acids is 2. The van der Waals surface area contributed by atoms with Crippen molar-refractivity contribution in [2.24, 2.45) is 0 Å². The van der Waals surface area contributed by atoms with Crippen LogP contribution in [-0.2, 0) is 16.1 Å². The fourth-order valence-electron chi connectivity index (χ4n) is 2.20. The number of aryl methyl sites for hydroxylation is 1. The van der Waals surface area contributed by atoms with Crippen molar-refractivity contribution >= 4 is 17.6 Å². The molecule has 0 saturated heterocycles. The van der Waals surface area contributed by atoms with Gasteiger partial charge in [0.05, 0.1) is 17.6 Å². The average Bonchev–Trinajstić information content (AvgIpc) is 2.58. The van der Waals surface area contributed by atoms with Crippen LogP contribution in [0.2, 0.25) is 0 Å². The Labute approximate surface area is 138 Å². The number of hydrogen-bond donors (Lipinski definition) is 0. The summed E-state index contributed by atoms with van der Waals surface area (Å²) in [4.78, 5) is 34.1. The molecule has 0 atom stereocenters. The molecule has 0 aliphatic heterocycles. The third-order valence-electron chi connectivity index (χ3n) is 3.36. The summed E-state index contributed by atoms with van der Waals surface area (Å²) in [5.74, 6) is -1.30. The first kappa shape index (κ1) is 17.1. The Hall–Kier alpha value is -3.22. The maximum absolute atomic E-state index is 12.2. The first-order chi connectivity index (χ1) is 11.4. The summed E-state index contributed by atoms with van der Waals surface area (Å²) in [5.41, 5.74) is 0.895. The second-order valence-electron chi connectivity index (χ2n) is 5.00. The maximum atomic E-state index is 12.2. The van der Waals surface area contributed by atoms with Gasteiger partial charge in [-0.25, -0.2) is 9.59 Å². The topological polar surface area (TPSA) is 95.7 Å². The number of rotatable bonds is 5. The molecule has 0 radical (unpaired) electrons. The molecule has 0 amide bonds. The van der Waals surface area contributed by atoms with E-state index in [1.54, 1.807) is 37.3 Å². The molecule has 2 aromatic rings. The lowest BCUT2D eigenvalue weighted by molar-refractivity contribution is -0.385. The van der Waals surface area contributed by atoms with Crippen LogP contribution in [0.1, 0.15) is 31.8 Å². The molecule has 7 heteroatoms. The van der Waals surface area contributed by atoms with Crippen LogP contribution in [0.5, 0.6) is 0 Å². The third kappa shape index (κ3) is 3.75. The molecule has 124 valence electrons. The Morgan fingerprint density at radius 2 is 1.83 bits per heavy atom. The molecule has 2 rings (SSSR count). The maximum Gasteiger partial charge on any atom is 0.345 e. The van der Waals surface area contributed by atoms with Gasteiger partial charge in [-0.3, -0.25) is 10.1 Å². The molecule has 0 unspecified atom stereocenters. The Morgan fingerprint density at radius 3 is 2.50 bits per heavy atom. The zero-order valence-electron chi connectivity index (χ0n) is 13.1. The van der Waals surface area contributed by atoms with Crippen LogP contribution in [0.3, 0.4) is 0 Å². The molecule has 0 saturated carbocycles. The normalized spacial score (nSPS) is 10.1. The van der Waals surface area contributed by atoms with Crippen LogP contribution < -0.4 is 0 Å². The van der Waals surface area contributed by atoms with Gasteiger partial charge >= 0.3 is 11.9 Å². The van der Waals surface area contributed by atoms with Crippen LogP contribution >= 0.6 is 0 Å². The quantitative estimate of drug-likeness (QED) is 0.475. The monoisotopic (exact) mass is 329 g/mol. The van der Waals surface area contributed by atoms with Crippen molar-refractivity contribution in [1.82, 2.24) is 0 Å². The van der Waals surface area contributed by atoms with Gasteiger partial charge in [0.25, 0.3) is 5.69 Å². The van der Waals surface area contributed by atoms with Crippen molar-refractivity contribution in [3.63, 3.8) is 0 Å². The Kier molecular flexibility index (Phi) is 5.26. The minimum atomic E-state index is -0.797. The van der Waals surface area contributed by atoms with Gasteiger partial charge in [-0.15, -0.1) is 0 Å². The van der Waals surface area contributed by atoms with E-state index in [4.69, 9.17) is 4.74 Å². The number of nitro groups is 1. The SMILES string of the molecule is COC(=O)c1cccc(COC(=O)c2cccc(C)c2[N+](=O)[O-])c1. The highest BCUT2D eigenvalue weighted by molar-refractivity contribution is 5.94. The highest BCUT2D eigenvalue weighted by atomic mass is 16.6. The van der Waals surface area contributed by atoms with Gasteiger partial charge < -0.3 is 9.47 Å². The van der Waals surface area contributed by atoms with E-state index in [1.165, 1.54) is 19.2 Å². The fraction of sp³-hybridized carbons (Fsp3) is 0.176. The summed E-state index contributed by atoms with van der Waals surface area (Å²) in [6, 6.07) is 10.9. The number of esters is 2. The number of nitro benzene ring substituents is 1. The summed E-state index contributed by atoms with van der Waals surface area (Å²) in [7, 11) is 1.27. The summed E-state index contributed by atoms with van der Waals surface area (Å²) in [6.45, 7) is 1.43. The lowest BCUT2D eigenvalue weighted by atomic mass is 10.1. The van der Waals surface area contributed by atoms with Gasteiger partial charge in [-0.05, 0) is 30.7 Å². The van der Waals surface area contributed by atoms with E-state index in [1.807, 2.05) is 0 Å². The van der Waals surface area contributed by atoms with Crippen LogP contribution in [0.4, 0.5) is 5.69 Å². The molecule has 0 fully saturated rings. The number of para-hydroxylation sites is 1. The largest absolute Gasteiger partial charge is 0.465 e. The number of carbonyl (C=O) groups is 2.